The molecule has 1 nitrogen and oxygen atoms in total. The van der Waals surface area contributed by atoms with Crippen LogP contribution in [0.4, 0.5) is 0 Å². The Morgan fingerprint density at radius 1 is 1.25 bits per heavy atom. The second-order valence-corrected chi connectivity index (χ2v) is 6.47. The highest BCUT2D eigenvalue weighted by Gasteiger charge is 2.15. The van der Waals surface area contributed by atoms with Crippen molar-refractivity contribution in [2.45, 2.75) is 6.10 Å². The molecule has 16 heavy (non-hydrogen) atoms. The average Bonchev–Trinajstić information content (AvgIpc) is 2.58. The van der Waals surface area contributed by atoms with Gasteiger partial charge in [-0.1, -0.05) is 35.3 Å². The van der Waals surface area contributed by atoms with Crippen LogP contribution in [0.1, 0.15) is 16.5 Å². The Balaban J connectivity index is 2.35. The van der Waals surface area contributed by atoms with Crippen LogP contribution in [-0.2, 0) is 0 Å². The molecular formula is C11H7BrCl2OS. The molecule has 0 aliphatic rings. The maximum absolute atomic E-state index is 10.1. The van der Waals surface area contributed by atoms with Gasteiger partial charge < -0.3 is 5.11 Å². The molecular weight excluding hydrogens is 331 g/mol. The van der Waals surface area contributed by atoms with Crippen molar-refractivity contribution in [2.24, 2.45) is 0 Å². The fourth-order valence-corrected chi connectivity index (χ4v) is 3.30. The van der Waals surface area contributed by atoms with Gasteiger partial charge in [0.2, 0.25) is 0 Å². The van der Waals surface area contributed by atoms with Gasteiger partial charge in [-0.15, -0.1) is 11.3 Å². The first kappa shape index (κ1) is 12.4. The lowest BCUT2D eigenvalue weighted by molar-refractivity contribution is 0.224. The van der Waals surface area contributed by atoms with Crippen LogP contribution in [0, 0.1) is 0 Å². The third-order valence-corrected chi connectivity index (χ3v) is 4.86. The molecule has 1 heterocycles. The first-order valence-corrected chi connectivity index (χ1v) is 6.82. The van der Waals surface area contributed by atoms with Crippen molar-refractivity contribution in [1.82, 2.24) is 0 Å². The second-order valence-electron chi connectivity index (χ2n) is 3.23. The smallest absolute Gasteiger partial charge is 0.113 e. The summed E-state index contributed by atoms with van der Waals surface area (Å²) in [5.41, 5.74) is 0.762. The minimum absolute atomic E-state index is 0.610. The molecule has 0 spiro atoms. The molecule has 0 saturated heterocycles. The lowest BCUT2D eigenvalue weighted by atomic mass is 10.1. The van der Waals surface area contributed by atoms with E-state index in [0.29, 0.717) is 10.0 Å². The largest absolute Gasteiger partial charge is 0.383 e. The van der Waals surface area contributed by atoms with E-state index in [1.54, 1.807) is 18.2 Å². The van der Waals surface area contributed by atoms with E-state index in [0.717, 1.165) is 14.2 Å². The van der Waals surface area contributed by atoms with Crippen LogP contribution < -0.4 is 0 Å². The summed E-state index contributed by atoms with van der Waals surface area (Å²) in [7, 11) is 0. The molecule has 2 rings (SSSR count). The van der Waals surface area contributed by atoms with Gasteiger partial charge in [0.25, 0.3) is 0 Å². The van der Waals surface area contributed by atoms with Gasteiger partial charge in [0.15, 0.2) is 0 Å². The van der Waals surface area contributed by atoms with E-state index in [4.69, 9.17) is 23.2 Å². The van der Waals surface area contributed by atoms with Gasteiger partial charge in [0.05, 0.1) is 8.81 Å². The molecule has 1 aromatic carbocycles. The van der Waals surface area contributed by atoms with Gasteiger partial charge in [-0.3, -0.25) is 0 Å². The Hall–Kier alpha value is -0.0600. The van der Waals surface area contributed by atoms with E-state index >= 15 is 0 Å². The van der Waals surface area contributed by atoms with Crippen molar-refractivity contribution >= 4 is 50.5 Å². The molecule has 0 fully saturated rings. The van der Waals surface area contributed by atoms with E-state index in [1.807, 2.05) is 12.1 Å². The van der Waals surface area contributed by atoms with Crippen molar-refractivity contribution in [3.63, 3.8) is 0 Å². The molecule has 2 aromatic rings. The normalized spacial score (nSPS) is 12.8. The molecule has 0 saturated carbocycles. The molecule has 0 bridgehead atoms. The maximum atomic E-state index is 10.1. The minimum atomic E-state index is -0.688. The number of aliphatic hydroxyl groups excluding tert-OH is 1. The SMILES string of the molecule is OC(c1cccc(Cl)c1)c1cc(Cl)c(Br)s1. The highest BCUT2D eigenvalue weighted by Crippen LogP contribution is 2.37. The first-order valence-electron chi connectivity index (χ1n) is 4.46. The zero-order chi connectivity index (χ0) is 11.7. The first-order chi connectivity index (χ1) is 7.58. The summed E-state index contributed by atoms with van der Waals surface area (Å²) >= 11 is 16.5. The summed E-state index contributed by atoms with van der Waals surface area (Å²) in [5, 5.41) is 11.3. The third-order valence-electron chi connectivity index (χ3n) is 2.10. The van der Waals surface area contributed by atoms with E-state index in [-0.39, 0.29) is 0 Å². The minimum Gasteiger partial charge on any atom is -0.383 e. The highest BCUT2D eigenvalue weighted by molar-refractivity contribution is 9.11. The Bertz CT molecular complexity index is 493. The molecule has 0 aliphatic heterocycles. The molecule has 0 radical (unpaired) electrons. The van der Waals surface area contributed by atoms with Crippen LogP contribution in [0.5, 0.6) is 0 Å². The second kappa shape index (κ2) is 5.07. The van der Waals surface area contributed by atoms with Crippen LogP contribution in [0.25, 0.3) is 0 Å². The number of aliphatic hydroxyl groups is 1. The molecule has 1 N–H and O–H groups in total. The van der Waals surface area contributed by atoms with Gasteiger partial charge in [-0.2, -0.15) is 0 Å². The van der Waals surface area contributed by atoms with Crippen molar-refractivity contribution in [1.29, 1.82) is 0 Å². The number of benzene rings is 1. The lowest BCUT2D eigenvalue weighted by Crippen LogP contribution is -1.96. The Kier molecular flexibility index (Phi) is 3.93. The summed E-state index contributed by atoms with van der Waals surface area (Å²) in [6.07, 6.45) is -0.688. The van der Waals surface area contributed by atoms with Crippen molar-refractivity contribution in [2.75, 3.05) is 0 Å². The summed E-state index contributed by atoms with van der Waals surface area (Å²) in [6.45, 7) is 0. The molecule has 1 unspecified atom stereocenters. The monoisotopic (exact) mass is 336 g/mol. The van der Waals surface area contributed by atoms with Crippen LogP contribution >= 0.6 is 50.5 Å². The van der Waals surface area contributed by atoms with Crippen molar-refractivity contribution < 1.29 is 5.11 Å². The predicted octanol–water partition coefficient (Wildman–Crippen LogP) is 4.90. The van der Waals surface area contributed by atoms with Crippen molar-refractivity contribution in [3.05, 3.63) is 54.6 Å². The Labute approximate surface area is 116 Å². The van der Waals surface area contributed by atoms with Gasteiger partial charge in [-0.05, 0) is 39.7 Å². The van der Waals surface area contributed by atoms with E-state index < -0.39 is 6.10 Å². The molecule has 84 valence electrons. The number of hydrogen-bond acceptors (Lipinski definition) is 2. The quantitative estimate of drug-likeness (QED) is 0.826. The number of thiophene rings is 1. The molecule has 5 heteroatoms. The lowest BCUT2D eigenvalue weighted by Gasteiger charge is -2.08. The summed E-state index contributed by atoms with van der Waals surface area (Å²) in [5.74, 6) is 0. The van der Waals surface area contributed by atoms with Gasteiger partial charge in [0, 0.05) is 9.90 Å². The fourth-order valence-electron chi connectivity index (χ4n) is 1.34. The molecule has 0 aliphatic carbocycles. The van der Waals surface area contributed by atoms with E-state index in [9.17, 15) is 5.11 Å². The summed E-state index contributed by atoms with van der Waals surface area (Å²) < 4.78 is 0.824. The number of hydrogen-bond donors (Lipinski definition) is 1. The fraction of sp³-hybridized carbons (Fsp3) is 0.0909. The summed E-state index contributed by atoms with van der Waals surface area (Å²) in [6, 6.07) is 8.91. The zero-order valence-electron chi connectivity index (χ0n) is 7.95. The van der Waals surface area contributed by atoms with Gasteiger partial charge in [-0.25, -0.2) is 0 Å². The molecule has 1 aromatic heterocycles. The van der Waals surface area contributed by atoms with Crippen LogP contribution in [0.3, 0.4) is 0 Å². The predicted molar refractivity (Wildman–Crippen MR) is 72.5 cm³/mol. The Morgan fingerprint density at radius 3 is 2.56 bits per heavy atom. The van der Waals surface area contributed by atoms with Crippen molar-refractivity contribution in [3.8, 4) is 0 Å². The Morgan fingerprint density at radius 2 is 2.00 bits per heavy atom. The van der Waals surface area contributed by atoms with Crippen LogP contribution in [0.2, 0.25) is 10.0 Å². The number of halogens is 3. The number of rotatable bonds is 2. The third kappa shape index (κ3) is 2.60. The van der Waals surface area contributed by atoms with Crippen LogP contribution in [-0.4, -0.2) is 5.11 Å². The highest BCUT2D eigenvalue weighted by atomic mass is 79.9. The van der Waals surface area contributed by atoms with E-state index in [1.165, 1.54) is 11.3 Å². The van der Waals surface area contributed by atoms with Gasteiger partial charge >= 0.3 is 0 Å². The van der Waals surface area contributed by atoms with Gasteiger partial charge in [0.1, 0.15) is 6.10 Å². The zero-order valence-corrected chi connectivity index (χ0v) is 11.9. The standard InChI is InChI=1S/C11H7BrCl2OS/c12-11-8(14)5-9(16-11)10(15)6-2-1-3-7(13)4-6/h1-5,10,15H. The molecule has 0 amide bonds. The van der Waals surface area contributed by atoms with E-state index in [2.05, 4.69) is 15.9 Å². The topological polar surface area (TPSA) is 20.2 Å². The molecule has 1 atom stereocenters. The summed E-state index contributed by atoms with van der Waals surface area (Å²) in [4.78, 5) is 0.791. The average molecular weight is 338 g/mol. The van der Waals surface area contributed by atoms with Crippen LogP contribution in [0.15, 0.2) is 34.1 Å². The maximum Gasteiger partial charge on any atom is 0.113 e.